The van der Waals surface area contributed by atoms with Crippen LogP contribution in [-0.4, -0.2) is 5.91 Å². The van der Waals surface area contributed by atoms with Crippen LogP contribution in [0.4, 0.5) is 11.4 Å². The summed E-state index contributed by atoms with van der Waals surface area (Å²) in [6, 6.07) is 13.9. The fourth-order valence-electron chi connectivity index (χ4n) is 1.75. The van der Waals surface area contributed by atoms with Crippen molar-refractivity contribution in [3.8, 4) is 6.07 Å². The third-order valence-corrected chi connectivity index (χ3v) is 3.64. The molecule has 2 rings (SSSR count). The van der Waals surface area contributed by atoms with E-state index in [1.165, 1.54) is 6.20 Å². The lowest BCUT2D eigenvalue weighted by Gasteiger charge is -2.06. The van der Waals surface area contributed by atoms with Crippen LogP contribution in [0.5, 0.6) is 0 Å². The second-order valence-corrected chi connectivity index (χ2v) is 5.59. The molecular formula is C17H13Cl2N3O. The number of hydrogen-bond acceptors (Lipinski definition) is 3. The van der Waals surface area contributed by atoms with Crippen LogP contribution in [0.3, 0.4) is 0 Å². The van der Waals surface area contributed by atoms with Crippen molar-refractivity contribution in [2.45, 2.75) is 6.92 Å². The third-order valence-electron chi connectivity index (χ3n) is 3.00. The minimum atomic E-state index is -0.527. The van der Waals surface area contributed by atoms with Gasteiger partial charge in [-0.25, -0.2) is 0 Å². The highest BCUT2D eigenvalue weighted by Gasteiger charge is 2.09. The number of rotatable bonds is 4. The summed E-state index contributed by atoms with van der Waals surface area (Å²) in [5, 5.41) is 15.7. The predicted octanol–water partition coefficient (Wildman–Crippen LogP) is 4.76. The van der Waals surface area contributed by atoms with E-state index in [0.717, 1.165) is 5.56 Å². The lowest BCUT2D eigenvalue weighted by atomic mass is 10.2. The summed E-state index contributed by atoms with van der Waals surface area (Å²) >= 11 is 11.9. The number of nitrogens with zero attached hydrogens (tertiary/aromatic N) is 1. The Bertz CT molecular complexity index is 810. The first kappa shape index (κ1) is 16.9. The van der Waals surface area contributed by atoms with Gasteiger partial charge in [0.25, 0.3) is 5.91 Å². The second kappa shape index (κ2) is 7.68. The van der Waals surface area contributed by atoms with Gasteiger partial charge in [-0.15, -0.1) is 0 Å². The summed E-state index contributed by atoms with van der Waals surface area (Å²) in [6.45, 7) is 1.89. The number of carbonyl (C=O) groups is 1. The van der Waals surface area contributed by atoms with Crippen LogP contribution in [0.1, 0.15) is 5.56 Å². The zero-order valence-electron chi connectivity index (χ0n) is 12.2. The van der Waals surface area contributed by atoms with Gasteiger partial charge in [0.05, 0.1) is 0 Å². The van der Waals surface area contributed by atoms with Gasteiger partial charge in [0, 0.05) is 27.6 Å². The average Bonchev–Trinajstić information content (AvgIpc) is 2.51. The quantitative estimate of drug-likeness (QED) is 0.620. The fourth-order valence-corrected chi connectivity index (χ4v) is 2.12. The van der Waals surface area contributed by atoms with Gasteiger partial charge in [-0.2, -0.15) is 5.26 Å². The van der Waals surface area contributed by atoms with Crippen LogP contribution in [0.2, 0.25) is 10.0 Å². The van der Waals surface area contributed by atoms with E-state index in [-0.39, 0.29) is 5.57 Å². The molecule has 23 heavy (non-hydrogen) atoms. The Labute approximate surface area is 144 Å². The molecule has 0 atom stereocenters. The van der Waals surface area contributed by atoms with Crippen LogP contribution < -0.4 is 10.6 Å². The first-order valence-corrected chi connectivity index (χ1v) is 7.45. The van der Waals surface area contributed by atoms with Crippen LogP contribution in [0.15, 0.2) is 54.2 Å². The highest BCUT2D eigenvalue weighted by atomic mass is 35.5. The Balaban J connectivity index is 2.10. The van der Waals surface area contributed by atoms with E-state index in [4.69, 9.17) is 28.5 Å². The molecule has 0 saturated heterocycles. The Morgan fingerprint density at radius 2 is 1.96 bits per heavy atom. The molecule has 6 heteroatoms. The molecule has 4 nitrogen and oxygen atoms in total. The molecule has 0 bridgehead atoms. The maximum absolute atomic E-state index is 12.1. The summed E-state index contributed by atoms with van der Waals surface area (Å²) in [5.41, 5.74) is 2.08. The number of aryl methyl sites for hydroxylation is 1. The van der Waals surface area contributed by atoms with Crippen LogP contribution in [-0.2, 0) is 4.79 Å². The van der Waals surface area contributed by atoms with E-state index in [1.807, 2.05) is 25.1 Å². The number of anilines is 2. The summed E-state index contributed by atoms with van der Waals surface area (Å²) in [6.07, 6.45) is 1.33. The summed E-state index contributed by atoms with van der Waals surface area (Å²) in [5.74, 6) is -0.527. The monoisotopic (exact) mass is 345 g/mol. The zero-order valence-corrected chi connectivity index (χ0v) is 13.7. The Kier molecular flexibility index (Phi) is 5.64. The lowest BCUT2D eigenvalue weighted by Crippen LogP contribution is -2.14. The molecule has 0 unspecified atom stereocenters. The molecule has 0 heterocycles. The topological polar surface area (TPSA) is 64.9 Å². The molecule has 0 spiro atoms. The van der Waals surface area contributed by atoms with Gasteiger partial charge in [-0.1, -0.05) is 35.3 Å². The fraction of sp³-hybridized carbons (Fsp3) is 0.0588. The molecule has 0 aliphatic carbocycles. The number of hydrogen-bond donors (Lipinski definition) is 2. The number of amides is 1. The maximum atomic E-state index is 12.1. The van der Waals surface area contributed by atoms with E-state index in [2.05, 4.69) is 10.6 Å². The molecular weight excluding hydrogens is 333 g/mol. The molecule has 116 valence electrons. The average molecular weight is 346 g/mol. The minimum Gasteiger partial charge on any atom is -0.360 e. The molecule has 2 N–H and O–H groups in total. The smallest absolute Gasteiger partial charge is 0.267 e. The van der Waals surface area contributed by atoms with Crippen molar-refractivity contribution in [3.05, 3.63) is 69.8 Å². The van der Waals surface area contributed by atoms with Gasteiger partial charge < -0.3 is 10.6 Å². The molecule has 0 saturated carbocycles. The zero-order chi connectivity index (χ0) is 16.8. The number of nitriles is 1. The highest BCUT2D eigenvalue weighted by Crippen LogP contribution is 2.20. The van der Waals surface area contributed by atoms with Crippen molar-refractivity contribution < 1.29 is 4.79 Å². The number of nitrogens with one attached hydrogen (secondary N) is 2. The highest BCUT2D eigenvalue weighted by molar-refractivity contribution is 6.31. The second-order valence-electron chi connectivity index (χ2n) is 4.74. The first-order chi connectivity index (χ1) is 11.0. The predicted molar refractivity (Wildman–Crippen MR) is 93.6 cm³/mol. The third kappa shape index (κ3) is 4.75. The Hall–Kier alpha value is -2.48. The van der Waals surface area contributed by atoms with Crippen LogP contribution in [0.25, 0.3) is 0 Å². The standard InChI is InChI=1S/C17H13Cl2N3O/c1-11-5-6-14(8-16(11)19)21-10-12(9-20)17(23)22-15-4-2-3-13(18)7-15/h2-8,10,21H,1H3,(H,22,23)/b12-10-. The first-order valence-electron chi connectivity index (χ1n) is 6.69. The maximum Gasteiger partial charge on any atom is 0.267 e. The van der Waals surface area contributed by atoms with E-state index in [0.29, 0.717) is 21.4 Å². The Morgan fingerprint density at radius 3 is 2.61 bits per heavy atom. The van der Waals surface area contributed by atoms with Crippen molar-refractivity contribution in [3.63, 3.8) is 0 Å². The van der Waals surface area contributed by atoms with Gasteiger partial charge in [-0.05, 0) is 42.8 Å². The molecule has 0 aliphatic rings. The van der Waals surface area contributed by atoms with Crippen molar-refractivity contribution in [1.82, 2.24) is 0 Å². The minimum absolute atomic E-state index is 0.0679. The van der Waals surface area contributed by atoms with E-state index >= 15 is 0 Å². The van der Waals surface area contributed by atoms with Crippen molar-refractivity contribution in [1.29, 1.82) is 5.26 Å². The molecule has 0 radical (unpaired) electrons. The molecule has 2 aromatic rings. The van der Waals surface area contributed by atoms with Crippen LogP contribution >= 0.6 is 23.2 Å². The molecule has 0 aromatic heterocycles. The lowest BCUT2D eigenvalue weighted by molar-refractivity contribution is -0.112. The molecule has 2 aromatic carbocycles. The van der Waals surface area contributed by atoms with Gasteiger partial charge in [-0.3, -0.25) is 4.79 Å². The number of benzene rings is 2. The molecule has 1 amide bonds. The summed E-state index contributed by atoms with van der Waals surface area (Å²) < 4.78 is 0. The van der Waals surface area contributed by atoms with Gasteiger partial charge >= 0.3 is 0 Å². The van der Waals surface area contributed by atoms with Crippen molar-refractivity contribution in [2.75, 3.05) is 10.6 Å². The van der Waals surface area contributed by atoms with Crippen molar-refractivity contribution >= 4 is 40.5 Å². The Morgan fingerprint density at radius 1 is 1.17 bits per heavy atom. The van der Waals surface area contributed by atoms with E-state index < -0.39 is 5.91 Å². The SMILES string of the molecule is Cc1ccc(N/C=C(/C#N)C(=O)Nc2cccc(Cl)c2)cc1Cl. The van der Waals surface area contributed by atoms with Gasteiger partial charge in [0.15, 0.2) is 0 Å². The summed E-state index contributed by atoms with van der Waals surface area (Å²) in [4.78, 5) is 12.1. The summed E-state index contributed by atoms with van der Waals surface area (Å²) in [7, 11) is 0. The van der Waals surface area contributed by atoms with Crippen molar-refractivity contribution in [2.24, 2.45) is 0 Å². The van der Waals surface area contributed by atoms with E-state index in [9.17, 15) is 4.79 Å². The number of carbonyl (C=O) groups excluding carboxylic acids is 1. The largest absolute Gasteiger partial charge is 0.360 e. The molecule has 0 aliphatic heterocycles. The van der Waals surface area contributed by atoms with Crippen LogP contribution in [0, 0.1) is 18.3 Å². The van der Waals surface area contributed by atoms with E-state index in [1.54, 1.807) is 30.3 Å². The number of halogens is 2. The normalized spacial score (nSPS) is 10.8. The van der Waals surface area contributed by atoms with Gasteiger partial charge in [0.2, 0.25) is 0 Å². The molecule has 0 fully saturated rings. The van der Waals surface area contributed by atoms with Gasteiger partial charge in [0.1, 0.15) is 11.6 Å².